The van der Waals surface area contributed by atoms with E-state index in [0.717, 1.165) is 22.4 Å². The molecule has 6 nitrogen and oxygen atoms in total. The first-order valence-electron chi connectivity index (χ1n) is 9.01. The summed E-state index contributed by atoms with van der Waals surface area (Å²) in [7, 11) is 0. The number of hydrogen-bond donors (Lipinski definition) is 0. The molecule has 7 heteroatoms. The average molecular weight is 379 g/mol. The summed E-state index contributed by atoms with van der Waals surface area (Å²) in [4.78, 5) is 27.3. The lowest BCUT2D eigenvalue weighted by molar-refractivity contribution is 0.0518. The van der Waals surface area contributed by atoms with E-state index in [-0.39, 0.29) is 12.3 Å². The van der Waals surface area contributed by atoms with Crippen LogP contribution in [0.2, 0.25) is 0 Å². The Kier molecular flexibility index (Phi) is 4.65. The number of para-hydroxylation sites is 1. The highest BCUT2D eigenvalue weighted by Gasteiger charge is 2.27. The number of ether oxygens (including phenoxy) is 1. The molecule has 0 unspecified atom stereocenters. The van der Waals surface area contributed by atoms with E-state index in [1.165, 1.54) is 30.3 Å². The van der Waals surface area contributed by atoms with Gasteiger partial charge in [-0.2, -0.15) is 9.78 Å². The average Bonchev–Trinajstić information content (AvgIpc) is 3.13. The molecule has 2 heterocycles. The minimum Gasteiger partial charge on any atom is -0.461 e. The van der Waals surface area contributed by atoms with Crippen molar-refractivity contribution in [2.45, 2.75) is 13.3 Å². The van der Waals surface area contributed by atoms with Crippen LogP contribution in [0.25, 0.3) is 5.69 Å². The molecule has 0 fully saturated rings. The Morgan fingerprint density at radius 3 is 2.64 bits per heavy atom. The number of anilines is 2. The molecule has 0 aliphatic carbocycles. The molecule has 0 saturated carbocycles. The number of fused-ring (bicyclic) bond motifs is 1. The van der Waals surface area contributed by atoms with Gasteiger partial charge in [-0.05, 0) is 49.2 Å². The van der Waals surface area contributed by atoms with Gasteiger partial charge in [0.2, 0.25) is 0 Å². The van der Waals surface area contributed by atoms with Crippen molar-refractivity contribution in [2.75, 3.05) is 18.1 Å². The molecule has 1 aromatic heterocycles. The highest BCUT2D eigenvalue weighted by Crippen LogP contribution is 2.35. The number of benzene rings is 2. The van der Waals surface area contributed by atoms with Gasteiger partial charge in [0.25, 0.3) is 5.56 Å². The molecular formula is C21H18FN3O3. The smallest absolute Gasteiger partial charge is 0.360 e. The number of carbonyl (C=O) groups excluding carboxylic acids is 1. The van der Waals surface area contributed by atoms with E-state index in [1.54, 1.807) is 6.92 Å². The van der Waals surface area contributed by atoms with Gasteiger partial charge in [0.15, 0.2) is 5.69 Å². The molecule has 2 aromatic carbocycles. The van der Waals surface area contributed by atoms with Crippen LogP contribution < -0.4 is 10.5 Å². The number of esters is 1. The van der Waals surface area contributed by atoms with Gasteiger partial charge in [-0.1, -0.05) is 18.2 Å². The lowest BCUT2D eigenvalue weighted by Gasteiger charge is -2.22. The van der Waals surface area contributed by atoms with E-state index >= 15 is 0 Å². The van der Waals surface area contributed by atoms with Crippen LogP contribution in [0.15, 0.2) is 59.4 Å². The normalized spacial score (nSPS) is 12.7. The highest BCUT2D eigenvalue weighted by atomic mass is 19.1. The van der Waals surface area contributed by atoms with Crippen LogP contribution in [-0.4, -0.2) is 28.9 Å². The van der Waals surface area contributed by atoms with E-state index in [9.17, 15) is 14.0 Å². The molecule has 142 valence electrons. The van der Waals surface area contributed by atoms with Crippen molar-refractivity contribution in [3.8, 4) is 5.69 Å². The van der Waals surface area contributed by atoms with Gasteiger partial charge >= 0.3 is 5.97 Å². The zero-order chi connectivity index (χ0) is 19.7. The second-order valence-corrected chi connectivity index (χ2v) is 6.36. The summed E-state index contributed by atoms with van der Waals surface area (Å²) in [5.41, 5.74) is 2.48. The van der Waals surface area contributed by atoms with Gasteiger partial charge in [0, 0.05) is 18.3 Å². The summed E-state index contributed by atoms with van der Waals surface area (Å²) in [6.45, 7) is 2.53. The van der Waals surface area contributed by atoms with E-state index in [4.69, 9.17) is 4.74 Å². The zero-order valence-corrected chi connectivity index (χ0v) is 15.3. The molecule has 0 bridgehead atoms. The first-order valence-corrected chi connectivity index (χ1v) is 9.01. The maximum Gasteiger partial charge on any atom is 0.360 e. The number of nitrogens with zero attached hydrogens (tertiary/aromatic N) is 3. The molecule has 1 aliphatic heterocycles. The summed E-state index contributed by atoms with van der Waals surface area (Å²) >= 11 is 0. The number of aromatic nitrogens is 2. The van der Waals surface area contributed by atoms with Crippen molar-refractivity contribution in [1.29, 1.82) is 0 Å². The van der Waals surface area contributed by atoms with Crippen LogP contribution in [0.3, 0.4) is 0 Å². The fraction of sp³-hybridized carbons (Fsp3) is 0.190. The molecule has 0 atom stereocenters. The monoisotopic (exact) mass is 379 g/mol. The maximum absolute atomic E-state index is 13.2. The van der Waals surface area contributed by atoms with Gasteiger partial charge in [-0.15, -0.1) is 0 Å². The SMILES string of the molecule is CCOC(=O)c1nn(-c2ccc(F)cc2)c(=O)cc1N1CCc2ccccc21. The van der Waals surface area contributed by atoms with E-state index in [2.05, 4.69) is 5.10 Å². The number of carbonyl (C=O) groups is 1. The van der Waals surface area contributed by atoms with Crippen LogP contribution >= 0.6 is 0 Å². The third-order valence-corrected chi connectivity index (χ3v) is 4.63. The third-order valence-electron chi connectivity index (χ3n) is 4.63. The zero-order valence-electron chi connectivity index (χ0n) is 15.3. The van der Waals surface area contributed by atoms with Gasteiger partial charge in [-0.3, -0.25) is 4.79 Å². The summed E-state index contributed by atoms with van der Waals surface area (Å²) in [5, 5.41) is 4.27. The van der Waals surface area contributed by atoms with Crippen molar-refractivity contribution < 1.29 is 13.9 Å². The lowest BCUT2D eigenvalue weighted by atomic mass is 10.2. The molecular weight excluding hydrogens is 361 g/mol. The Balaban J connectivity index is 1.87. The van der Waals surface area contributed by atoms with Crippen molar-refractivity contribution in [1.82, 2.24) is 9.78 Å². The van der Waals surface area contributed by atoms with Crippen LogP contribution in [0.5, 0.6) is 0 Å². The number of halogens is 1. The second-order valence-electron chi connectivity index (χ2n) is 6.36. The highest BCUT2D eigenvalue weighted by molar-refractivity contribution is 5.95. The van der Waals surface area contributed by atoms with Gasteiger partial charge < -0.3 is 9.64 Å². The summed E-state index contributed by atoms with van der Waals surface area (Å²) in [6.07, 6.45) is 0.805. The van der Waals surface area contributed by atoms with Crippen molar-refractivity contribution in [2.24, 2.45) is 0 Å². The molecule has 0 N–H and O–H groups in total. The minimum absolute atomic E-state index is 0.0440. The summed E-state index contributed by atoms with van der Waals surface area (Å²) < 4.78 is 19.5. The molecule has 1 aliphatic rings. The first kappa shape index (κ1) is 17.9. The quantitative estimate of drug-likeness (QED) is 0.651. The standard InChI is InChI=1S/C21H18FN3O3/c1-2-28-21(27)20-18(24-12-11-14-5-3-4-6-17(14)24)13-19(26)25(23-20)16-9-7-15(22)8-10-16/h3-10,13H,2,11-12H2,1H3. The fourth-order valence-corrected chi connectivity index (χ4v) is 3.35. The molecule has 28 heavy (non-hydrogen) atoms. The van der Waals surface area contributed by atoms with E-state index < -0.39 is 17.3 Å². The van der Waals surface area contributed by atoms with Crippen LogP contribution in [0, 0.1) is 5.82 Å². The van der Waals surface area contributed by atoms with Gasteiger partial charge in [0.05, 0.1) is 18.0 Å². The van der Waals surface area contributed by atoms with Gasteiger partial charge in [-0.25, -0.2) is 9.18 Å². The number of hydrogen-bond acceptors (Lipinski definition) is 5. The summed E-state index contributed by atoms with van der Waals surface area (Å²) in [6, 6.07) is 14.6. The Hall–Kier alpha value is -3.48. The fourth-order valence-electron chi connectivity index (χ4n) is 3.35. The Morgan fingerprint density at radius 1 is 1.14 bits per heavy atom. The minimum atomic E-state index is -0.613. The predicted molar refractivity (Wildman–Crippen MR) is 103 cm³/mol. The van der Waals surface area contributed by atoms with Crippen molar-refractivity contribution in [3.63, 3.8) is 0 Å². The Morgan fingerprint density at radius 2 is 1.89 bits per heavy atom. The topological polar surface area (TPSA) is 64.4 Å². The van der Waals surface area contributed by atoms with Crippen LogP contribution in [0.1, 0.15) is 23.0 Å². The van der Waals surface area contributed by atoms with Crippen molar-refractivity contribution >= 4 is 17.3 Å². The van der Waals surface area contributed by atoms with Crippen LogP contribution in [-0.2, 0) is 11.2 Å². The number of rotatable bonds is 4. The molecule has 3 aromatic rings. The molecule has 0 amide bonds. The van der Waals surface area contributed by atoms with E-state index in [0.29, 0.717) is 17.9 Å². The Labute approximate surface area is 160 Å². The molecule has 4 rings (SSSR count). The van der Waals surface area contributed by atoms with Crippen LogP contribution in [0.4, 0.5) is 15.8 Å². The summed E-state index contributed by atoms with van der Waals surface area (Å²) in [5.74, 6) is -1.04. The lowest BCUT2D eigenvalue weighted by Crippen LogP contribution is -2.28. The Bertz CT molecular complexity index is 1090. The molecule has 0 spiro atoms. The first-order chi connectivity index (χ1) is 13.6. The maximum atomic E-state index is 13.2. The molecule has 0 radical (unpaired) electrons. The van der Waals surface area contributed by atoms with E-state index in [1.807, 2.05) is 29.2 Å². The largest absolute Gasteiger partial charge is 0.461 e. The second kappa shape index (κ2) is 7.26. The predicted octanol–water partition coefficient (Wildman–Crippen LogP) is 3.24. The van der Waals surface area contributed by atoms with Gasteiger partial charge in [0.1, 0.15) is 5.82 Å². The van der Waals surface area contributed by atoms with Crippen molar-refractivity contribution in [3.05, 3.63) is 82.0 Å². The third kappa shape index (κ3) is 3.15. The molecule has 0 saturated heterocycles.